The van der Waals surface area contributed by atoms with Crippen molar-refractivity contribution >= 4 is 0 Å². The van der Waals surface area contributed by atoms with E-state index in [9.17, 15) is 0 Å². The Morgan fingerprint density at radius 2 is 2.08 bits per heavy atom. The van der Waals surface area contributed by atoms with Gasteiger partial charge in [-0.15, -0.1) is 0 Å². The molecule has 0 saturated heterocycles. The van der Waals surface area contributed by atoms with Gasteiger partial charge in [-0.1, -0.05) is 0 Å². The zero-order valence-corrected chi connectivity index (χ0v) is 8.66. The maximum Gasteiger partial charge on any atom is 0.0638 e. The van der Waals surface area contributed by atoms with Crippen LogP contribution in [-0.4, -0.2) is 36.2 Å². The van der Waals surface area contributed by atoms with E-state index >= 15 is 0 Å². The number of nitrogens with zero attached hydrogens (tertiary/aromatic N) is 2. The van der Waals surface area contributed by atoms with Gasteiger partial charge in [0, 0.05) is 12.6 Å². The van der Waals surface area contributed by atoms with Crippen molar-refractivity contribution in [1.82, 2.24) is 4.90 Å². The highest BCUT2D eigenvalue weighted by Gasteiger charge is 2.06. The minimum atomic E-state index is 0.289. The van der Waals surface area contributed by atoms with Gasteiger partial charge in [0.15, 0.2) is 0 Å². The van der Waals surface area contributed by atoms with E-state index in [1.54, 1.807) is 0 Å². The normalized spacial score (nSPS) is 12.8. The molecule has 76 valence electrons. The summed E-state index contributed by atoms with van der Waals surface area (Å²) in [7, 11) is 2.04. The maximum atomic E-state index is 8.57. The number of hydrogen-bond donors (Lipinski definition) is 1. The molecule has 3 nitrogen and oxygen atoms in total. The van der Waals surface area contributed by atoms with Gasteiger partial charge < -0.3 is 10.0 Å². The third-order valence-electron chi connectivity index (χ3n) is 2.31. The Kier molecular flexibility index (Phi) is 7.66. The monoisotopic (exact) mass is 184 g/mol. The van der Waals surface area contributed by atoms with E-state index in [2.05, 4.69) is 17.9 Å². The summed E-state index contributed by atoms with van der Waals surface area (Å²) in [5.74, 6) is 0. The molecule has 0 spiro atoms. The fraction of sp³-hybridized carbons (Fsp3) is 0.900. The van der Waals surface area contributed by atoms with E-state index < -0.39 is 0 Å². The predicted molar refractivity (Wildman–Crippen MR) is 53.3 cm³/mol. The average Bonchev–Trinajstić information content (AvgIpc) is 2.12. The van der Waals surface area contributed by atoms with Gasteiger partial charge in [-0.25, -0.2) is 0 Å². The SMILES string of the molecule is CC(CC#N)N(C)CCCCCO. The van der Waals surface area contributed by atoms with Crippen LogP contribution in [0.25, 0.3) is 0 Å². The van der Waals surface area contributed by atoms with Crippen LogP contribution in [0.3, 0.4) is 0 Å². The predicted octanol–water partition coefficient (Wildman–Crippen LogP) is 1.38. The molecule has 0 heterocycles. The van der Waals surface area contributed by atoms with E-state index in [1.807, 2.05) is 7.05 Å². The fourth-order valence-corrected chi connectivity index (χ4v) is 1.16. The van der Waals surface area contributed by atoms with Gasteiger partial charge >= 0.3 is 0 Å². The smallest absolute Gasteiger partial charge is 0.0638 e. The molecule has 1 unspecified atom stereocenters. The Hall–Kier alpha value is -0.590. The summed E-state index contributed by atoms with van der Waals surface area (Å²) in [6, 6.07) is 2.51. The average molecular weight is 184 g/mol. The number of aliphatic hydroxyl groups excluding tert-OH is 1. The largest absolute Gasteiger partial charge is 0.396 e. The van der Waals surface area contributed by atoms with Crippen LogP contribution in [0.4, 0.5) is 0 Å². The highest BCUT2D eigenvalue weighted by atomic mass is 16.2. The van der Waals surface area contributed by atoms with E-state index in [1.165, 1.54) is 0 Å². The van der Waals surface area contributed by atoms with Crippen molar-refractivity contribution in [2.75, 3.05) is 20.2 Å². The minimum absolute atomic E-state index is 0.289. The summed E-state index contributed by atoms with van der Waals surface area (Å²) in [4.78, 5) is 2.20. The van der Waals surface area contributed by atoms with Gasteiger partial charge in [-0.05, 0) is 39.8 Å². The van der Waals surface area contributed by atoms with Crippen molar-refractivity contribution in [3.63, 3.8) is 0 Å². The summed E-state index contributed by atoms with van der Waals surface area (Å²) >= 11 is 0. The quantitative estimate of drug-likeness (QED) is 0.608. The van der Waals surface area contributed by atoms with Crippen molar-refractivity contribution in [3.05, 3.63) is 0 Å². The standard InChI is InChI=1S/C10H20N2O/c1-10(6-7-11)12(2)8-4-3-5-9-13/h10,13H,3-6,8-9H2,1-2H3. The lowest BCUT2D eigenvalue weighted by molar-refractivity contribution is 0.244. The second kappa shape index (κ2) is 8.03. The van der Waals surface area contributed by atoms with E-state index in [4.69, 9.17) is 10.4 Å². The van der Waals surface area contributed by atoms with E-state index in [0.717, 1.165) is 25.8 Å². The van der Waals surface area contributed by atoms with Gasteiger partial charge in [-0.3, -0.25) is 0 Å². The van der Waals surface area contributed by atoms with Gasteiger partial charge in [-0.2, -0.15) is 5.26 Å². The Morgan fingerprint density at radius 3 is 2.62 bits per heavy atom. The second-order valence-corrected chi connectivity index (χ2v) is 3.48. The molecule has 13 heavy (non-hydrogen) atoms. The summed E-state index contributed by atoms with van der Waals surface area (Å²) in [6.07, 6.45) is 3.66. The van der Waals surface area contributed by atoms with Crippen molar-refractivity contribution in [1.29, 1.82) is 5.26 Å². The Balaban J connectivity index is 3.39. The lowest BCUT2D eigenvalue weighted by Crippen LogP contribution is -2.29. The topological polar surface area (TPSA) is 47.3 Å². The first-order valence-corrected chi connectivity index (χ1v) is 4.90. The second-order valence-electron chi connectivity index (χ2n) is 3.48. The third kappa shape index (κ3) is 6.56. The number of nitriles is 1. The highest BCUT2D eigenvalue weighted by Crippen LogP contribution is 2.03. The molecule has 0 aromatic heterocycles. The molecule has 0 aliphatic carbocycles. The molecule has 0 aliphatic heterocycles. The van der Waals surface area contributed by atoms with Crippen LogP contribution in [0.1, 0.15) is 32.6 Å². The van der Waals surface area contributed by atoms with Crippen molar-refractivity contribution in [2.24, 2.45) is 0 Å². The highest BCUT2D eigenvalue weighted by molar-refractivity contribution is 4.78. The summed E-state index contributed by atoms with van der Waals surface area (Å²) < 4.78 is 0. The maximum absolute atomic E-state index is 8.57. The Bertz CT molecular complexity index is 153. The molecule has 0 saturated carbocycles. The van der Waals surface area contributed by atoms with Crippen LogP contribution in [0.15, 0.2) is 0 Å². The minimum Gasteiger partial charge on any atom is -0.396 e. The van der Waals surface area contributed by atoms with Crippen molar-refractivity contribution < 1.29 is 5.11 Å². The van der Waals surface area contributed by atoms with Crippen LogP contribution in [-0.2, 0) is 0 Å². The Morgan fingerprint density at radius 1 is 1.38 bits per heavy atom. The van der Waals surface area contributed by atoms with E-state index in [-0.39, 0.29) is 6.61 Å². The molecule has 0 rings (SSSR count). The molecule has 0 radical (unpaired) electrons. The molecule has 0 bridgehead atoms. The molecule has 0 aliphatic rings. The number of rotatable bonds is 7. The van der Waals surface area contributed by atoms with Crippen LogP contribution >= 0.6 is 0 Å². The number of hydrogen-bond acceptors (Lipinski definition) is 3. The molecule has 1 N–H and O–H groups in total. The van der Waals surface area contributed by atoms with Crippen LogP contribution < -0.4 is 0 Å². The molecular formula is C10H20N2O. The van der Waals surface area contributed by atoms with Crippen LogP contribution in [0.5, 0.6) is 0 Å². The zero-order chi connectivity index (χ0) is 10.1. The van der Waals surface area contributed by atoms with Crippen LogP contribution in [0, 0.1) is 11.3 Å². The molecule has 0 amide bonds. The fourth-order valence-electron chi connectivity index (χ4n) is 1.16. The van der Waals surface area contributed by atoms with Gasteiger partial charge in [0.1, 0.15) is 0 Å². The first-order valence-electron chi connectivity index (χ1n) is 4.90. The van der Waals surface area contributed by atoms with Crippen molar-refractivity contribution in [3.8, 4) is 6.07 Å². The number of aliphatic hydroxyl groups is 1. The third-order valence-corrected chi connectivity index (χ3v) is 2.31. The Labute approximate surface area is 81.0 Å². The summed E-state index contributed by atoms with van der Waals surface area (Å²) in [5, 5.41) is 17.1. The molecule has 3 heteroatoms. The first-order chi connectivity index (χ1) is 6.22. The molecule has 0 fully saturated rings. The molecule has 0 aromatic carbocycles. The lowest BCUT2D eigenvalue weighted by Gasteiger charge is -2.22. The van der Waals surface area contributed by atoms with Crippen LogP contribution in [0.2, 0.25) is 0 Å². The molecule has 1 atom stereocenters. The van der Waals surface area contributed by atoms with Gasteiger partial charge in [0.2, 0.25) is 0 Å². The first kappa shape index (κ1) is 12.4. The van der Waals surface area contributed by atoms with Crippen molar-refractivity contribution in [2.45, 2.75) is 38.6 Å². The van der Waals surface area contributed by atoms with Gasteiger partial charge in [0.25, 0.3) is 0 Å². The lowest BCUT2D eigenvalue weighted by atomic mass is 10.2. The summed E-state index contributed by atoms with van der Waals surface area (Å²) in [5.41, 5.74) is 0. The molecular weight excluding hydrogens is 164 g/mol. The zero-order valence-electron chi connectivity index (χ0n) is 8.66. The van der Waals surface area contributed by atoms with E-state index in [0.29, 0.717) is 12.5 Å². The number of unbranched alkanes of at least 4 members (excludes halogenated alkanes) is 2. The van der Waals surface area contributed by atoms with Gasteiger partial charge in [0.05, 0.1) is 12.5 Å². The molecule has 0 aromatic rings. The summed E-state index contributed by atoms with van der Waals surface area (Å²) in [6.45, 7) is 3.37.